The Morgan fingerprint density at radius 3 is 2.55 bits per heavy atom. The van der Waals surface area contributed by atoms with E-state index >= 15 is 0 Å². The third-order valence-electron chi connectivity index (χ3n) is 3.73. The smallest absolute Gasteiger partial charge is 0.255 e. The molecule has 0 saturated heterocycles. The Hall–Kier alpha value is -2.69. The van der Waals surface area contributed by atoms with E-state index in [0.29, 0.717) is 17.8 Å². The number of nitrogens with zero attached hydrogens (tertiary/aromatic N) is 1. The first-order valence-corrected chi connectivity index (χ1v) is 7.02. The number of carbonyl (C=O) groups excluding carboxylic acids is 2. The molecule has 1 aliphatic rings. The normalized spacial score (nSPS) is 12.9. The van der Waals surface area contributed by atoms with Gasteiger partial charge in [-0.2, -0.15) is 0 Å². The van der Waals surface area contributed by atoms with Crippen LogP contribution < -0.4 is 10.2 Å². The summed E-state index contributed by atoms with van der Waals surface area (Å²) in [5, 5.41) is 2.77. The van der Waals surface area contributed by atoms with E-state index in [4.69, 9.17) is 0 Å². The number of anilines is 2. The molecule has 2 aromatic carbocycles. The molecule has 0 bridgehead atoms. The van der Waals surface area contributed by atoms with Crippen molar-refractivity contribution < 1.29 is 14.0 Å². The predicted molar refractivity (Wildman–Crippen MR) is 82.5 cm³/mol. The van der Waals surface area contributed by atoms with E-state index < -0.39 is 0 Å². The Morgan fingerprint density at radius 1 is 1.14 bits per heavy atom. The molecule has 2 aromatic rings. The van der Waals surface area contributed by atoms with Crippen LogP contribution in [0.5, 0.6) is 0 Å². The summed E-state index contributed by atoms with van der Waals surface area (Å²) in [6.45, 7) is 2.19. The molecule has 1 aliphatic heterocycles. The lowest BCUT2D eigenvalue weighted by Crippen LogP contribution is -2.25. The average Bonchev–Trinajstić information content (AvgIpc) is 2.91. The van der Waals surface area contributed by atoms with Crippen LogP contribution in [0.4, 0.5) is 15.8 Å². The van der Waals surface area contributed by atoms with Crippen LogP contribution in [0.1, 0.15) is 22.8 Å². The number of fused-ring (bicyclic) bond motifs is 1. The highest BCUT2D eigenvalue weighted by Gasteiger charge is 2.22. The summed E-state index contributed by atoms with van der Waals surface area (Å²) >= 11 is 0. The SMILES string of the molecule is CC(=O)N1CCc2ccc(NC(=O)c3ccc(F)cc3)cc21. The topological polar surface area (TPSA) is 49.4 Å². The number of halogens is 1. The van der Waals surface area contributed by atoms with Crippen molar-refractivity contribution in [2.75, 3.05) is 16.8 Å². The predicted octanol–water partition coefficient (Wildman–Crippen LogP) is 2.99. The maximum Gasteiger partial charge on any atom is 0.255 e. The molecule has 1 heterocycles. The minimum Gasteiger partial charge on any atom is -0.322 e. The fraction of sp³-hybridized carbons (Fsp3) is 0.176. The molecule has 3 rings (SSSR count). The maximum absolute atomic E-state index is 12.9. The molecule has 112 valence electrons. The minimum atomic E-state index is -0.383. The summed E-state index contributed by atoms with van der Waals surface area (Å²) in [7, 11) is 0. The van der Waals surface area contributed by atoms with Crippen LogP contribution in [0.2, 0.25) is 0 Å². The van der Waals surface area contributed by atoms with Gasteiger partial charge in [-0.3, -0.25) is 9.59 Å². The Labute approximate surface area is 127 Å². The summed E-state index contributed by atoms with van der Waals surface area (Å²) in [6, 6.07) is 10.9. The van der Waals surface area contributed by atoms with Gasteiger partial charge in [0.1, 0.15) is 5.82 Å². The second-order valence-corrected chi connectivity index (χ2v) is 5.23. The second kappa shape index (κ2) is 5.60. The zero-order valence-electron chi connectivity index (χ0n) is 12.1. The zero-order chi connectivity index (χ0) is 15.7. The molecule has 22 heavy (non-hydrogen) atoms. The quantitative estimate of drug-likeness (QED) is 0.926. The first-order valence-electron chi connectivity index (χ1n) is 7.02. The Balaban J connectivity index is 1.82. The molecule has 5 heteroatoms. The molecule has 0 aromatic heterocycles. The third-order valence-corrected chi connectivity index (χ3v) is 3.73. The minimum absolute atomic E-state index is 0.0132. The van der Waals surface area contributed by atoms with Crippen molar-refractivity contribution in [2.24, 2.45) is 0 Å². The van der Waals surface area contributed by atoms with Gasteiger partial charge in [0.25, 0.3) is 5.91 Å². The van der Waals surface area contributed by atoms with Crippen molar-refractivity contribution in [3.8, 4) is 0 Å². The highest BCUT2D eigenvalue weighted by molar-refractivity contribution is 6.05. The van der Waals surface area contributed by atoms with Crippen molar-refractivity contribution in [1.29, 1.82) is 0 Å². The van der Waals surface area contributed by atoms with Gasteiger partial charge < -0.3 is 10.2 Å². The molecule has 0 saturated carbocycles. The molecule has 0 atom stereocenters. The Bertz CT molecular complexity index is 741. The van der Waals surface area contributed by atoms with Gasteiger partial charge in [-0.15, -0.1) is 0 Å². The number of amides is 2. The number of benzene rings is 2. The summed E-state index contributed by atoms with van der Waals surface area (Å²) < 4.78 is 12.9. The van der Waals surface area contributed by atoms with Gasteiger partial charge in [0.15, 0.2) is 0 Å². The van der Waals surface area contributed by atoms with Gasteiger partial charge in [0.2, 0.25) is 5.91 Å². The maximum atomic E-state index is 12.9. The van der Waals surface area contributed by atoms with E-state index in [9.17, 15) is 14.0 Å². The molecule has 0 aliphatic carbocycles. The summed E-state index contributed by atoms with van der Waals surface area (Å²) in [6.07, 6.45) is 0.821. The zero-order valence-corrected chi connectivity index (χ0v) is 12.1. The van der Waals surface area contributed by atoms with Gasteiger partial charge >= 0.3 is 0 Å². The summed E-state index contributed by atoms with van der Waals surface area (Å²) in [4.78, 5) is 25.4. The average molecular weight is 298 g/mol. The van der Waals surface area contributed by atoms with Crippen LogP contribution in [-0.2, 0) is 11.2 Å². The highest BCUT2D eigenvalue weighted by atomic mass is 19.1. The van der Waals surface area contributed by atoms with E-state index in [-0.39, 0.29) is 17.6 Å². The Morgan fingerprint density at radius 2 is 1.86 bits per heavy atom. The fourth-order valence-electron chi connectivity index (χ4n) is 2.59. The first-order chi connectivity index (χ1) is 10.5. The van der Waals surface area contributed by atoms with Crippen molar-refractivity contribution >= 4 is 23.2 Å². The molecule has 0 fully saturated rings. The molecule has 4 nitrogen and oxygen atoms in total. The van der Waals surface area contributed by atoms with E-state index in [1.165, 1.54) is 31.2 Å². The number of nitrogens with one attached hydrogen (secondary N) is 1. The Kier molecular flexibility index (Phi) is 3.63. The van der Waals surface area contributed by atoms with Crippen molar-refractivity contribution in [2.45, 2.75) is 13.3 Å². The second-order valence-electron chi connectivity index (χ2n) is 5.23. The molecule has 0 spiro atoms. The molecule has 0 radical (unpaired) electrons. The third kappa shape index (κ3) is 2.70. The van der Waals surface area contributed by atoms with Gasteiger partial charge in [-0.1, -0.05) is 6.07 Å². The van der Waals surface area contributed by atoms with Crippen molar-refractivity contribution in [3.63, 3.8) is 0 Å². The lowest BCUT2D eigenvalue weighted by molar-refractivity contribution is -0.116. The molecule has 1 N–H and O–H groups in total. The van der Waals surface area contributed by atoms with Crippen LogP contribution in [0.25, 0.3) is 0 Å². The monoisotopic (exact) mass is 298 g/mol. The van der Waals surface area contributed by atoms with E-state index in [2.05, 4.69) is 5.32 Å². The van der Waals surface area contributed by atoms with E-state index in [0.717, 1.165) is 17.7 Å². The fourth-order valence-corrected chi connectivity index (χ4v) is 2.59. The van der Waals surface area contributed by atoms with E-state index in [1.54, 1.807) is 11.0 Å². The lowest BCUT2D eigenvalue weighted by Gasteiger charge is -2.15. The standard InChI is InChI=1S/C17H15FN2O2/c1-11(21)20-9-8-12-4-7-15(10-16(12)20)19-17(22)13-2-5-14(18)6-3-13/h2-7,10H,8-9H2,1H3,(H,19,22). The van der Waals surface area contributed by atoms with Gasteiger partial charge in [0, 0.05) is 30.4 Å². The molecular formula is C17H15FN2O2. The molecular weight excluding hydrogens is 283 g/mol. The lowest BCUT2D eigenvalue weighted by atomic mass is 10.1. The first kappa shape index (κ1) is 14.3. The number of rotatable bonds is 2. The summed E-state index contributed by atoms with van der Waals surface area (Å²) in [5.41, 5.74) is 2.92. The number of hydrogen-bond donors (Lipinski definition) is 1. The van der Waals surface area contributed by atoms with Crippen LogP contribution in [0.3, 0.4) is 0 Å². The van der Waals surface area contributed by atoms with Crippen molar-refractivity contribution in [3.05, 3.63) is 59.4 Å². The van der Waals surface area contributed by atoms with Crippen LogP contribution in [-0.4, -0.2) is 18.4 Å². The van der Waals surface area contributed by atoms with Crippen LogP contribution in [0.15, 0.2) is 42.5 Å². The number of hydrogen-bond acceptors (Lipinski definition) is 2. The van der Waals surface area contributed by atoms with Crippen LogP contribution >= 0.6 is 0 Å². The molecule has 0 unspecified atom stereocenters. The highest BCUT2D eigenvalue weighted by Crippen LogP contribution is 2.31. The largest absolute Gasteiger partial charge is 0.322 e. The van der Waals surface area contributed by atoms with Gasteiger partial charge in [0.05, 0.1) is 0 Å². The van der Waals surface area contributed by atoms with Crippen LogP contribution in [0, 0.1) is 5.82 Å². The van der Waals surface area contributed by atoms with Gasteiger partial charge in [-0.25, -0.2) is 4.39 Å². The number of carbonyl (C=O) groups is 2. The molecule has 2 amide bonds. The summed E-state index contributed by atoms with van der Waals surface area (Å²) in [5.74, 6) is -0.709. The van der Waals surface area contributed by atoms with Crippen molar-refractivity contribution in [1.82, 2.24) is 0 Å². The van der Waals surface area contributed by atoms with Gasteiger partial charge in [-0.05, 0) is 48.4 Å². The van der Waals surface area contributed by atoms with E-state index in [1.807, 2.05) is 12.1 Å².